The van der Waals surface area contributed by atoms with Crippen molar-refractivity contribution in [2.45, 2.75) is 26.5 Å². The third kappa shape index (κ3) is 5.02. The highest BCUT2D eigenvalue weighted by Gasteiger charge is 2.16. The smallest absolute Gasteiger partial charge is 0.422 e. The van der Waals surface area contributed by atoms with Crippen LogP contribution in [0.15, 0.2) is 18.2 Å². The molecule has 0 aliphatic carbocycles. The Morgan fingerprint density at radius 3 is 2.65 bits per heavy atom. The molecule has 9 heteroatoms. The minimum atomic E-state index is -4.16. The van der Waals surface area contributed by atoms with Crippen molar-refractivity contribution in [3.8, 4) is 0 Å². The van der Waals surface area contributed by atoms with Gasteiger partial charge in [-0.2, -0.15) is 8.42 Å². The number of nitrogens with one attached hydrogen (secondary N) is 2. The van der Waals surface area contributed by atoms with E-state index in [0.29, 0.717) is 0 Å². The molecule has 0 aliphatic heterocycles. The lowest BCUT2D eigenvalue weighted by Crippen LogP contribution is -2.36. The standard InChI is InChI=1S/C11H16FN3O4S/c1-7(2)19-11(16)15-20(17,18)14-9-3-4-10(12)8(5-9)6-13/h3-5,7,14H,6,13H2,1-2H3,(H,15,16). The summed E-state index contributed by atoms with van der Waals surface area (Å²) in [6.07, 6.45) is -1.56. The molecule has 0 saturated carbocycles. The van der Waals surface area contributed by atoms with Crippen molar-refractivity contribution in [2.75, 3.05) is 4.72 Å². The monoisotopic (exact) mass is 305 g/mol. The molecule has 112 valence electrons. The highest BCUT2D eigenvalue weighted by molar-refractivity contribution is 7.91. The summed E-state index contributed by atoms with van der Waals surface area (Å²) in [7, 11) is -4.16. The molecule has 7 nitrogen and oxygen atoms in total. The van der Waals surface area contributed by atoms with Gasteiger partial charge in [-0.3, -0.25) is 4.72 Å². The van der Waals surface area contributed by atoms with Crippen molar-refractivity contribution >= 4 is 22.0 Å². The second kappa shape index (κ2) is 6.53. The summed E-state index contributed by atoms with van der Waals surface area (Å²) >= 11 is 0. The van der Waals surface area contributed by atoms with E-state index in [4.69, 9.17) is 5.73 Å². The van der Waals surface area contributed by atoms with Gasteiger partial charge in [0.05, 0.1) is 11.8 Å². The zero-order chi connectivity index (χ0) is 15.3. The van der Waals surface area contributed by atoms with E-state index in [0.717, 1.165) is 6.07 Å². The Morgan fingerprint density at radius 2 is 2.10 bits per heavy atom. The summed E-state index contributed by atoms with van der Waals surface area (Å²) in [6, 6.07) is 3.52. The van der Waals surface area contributed by atoms with Crippen LogP contribution in [-0.4, -0.2) is 20.6 Å². The van der Waals surface area contributed by atoms with E-state index >= 15 is 0 Å². The maximum atomic E-state index is 13.2. The molecule has 0 radical (unpaired) electrons. The van der Waals surface area contributed by atoms with Crippen LogP contribution in [-0.2, 0) is 21.5 Å². The highest BCUT2D eigenvalue weighted by Crippen LogP contribution is 2.15. The SMILES string of the molecule is CC(C)OC(=O)NS(=O)(=O)Nc1ccc(F)c(CN)c1. The molecule has 0 unspecified atom stereocenters. The Hall–Kier alpha value is -1.87. The normalized spacial score (nSPS) is 11.2. The molecule has 0 spiro atoms. The van der Waals surface area contributed by atoms with Crippen LogP contribution in [0.1, 0.15) is 19.4 Å². The first-order valence-electron chi connectivity index (χ1n) is 5.73. The zero-order valence-corrected chi connectivity index (χ0v) is 11.8. The third-order valence-electron chi connectivity index (χ3n) is 2.08. The van der Waals surface area contributed by atoms with Crippen molar-refractivity contribution in [1.82, 2.24) is 4.72 Å². The van der Waals surface area contributed by atoms with Gasteiger partial charge < -0.3 is 10.5 Å². The maximum absolute atomic E-state index is 13.2. The first-order chi connectivity index (χ1) is 9.23. The lowest BCUT2D eigenvalue weighted by molar-refractivity contribution is 0.121. The Kier molecular flexibility index (Phi) is 5.28. The summed E-state index contributed by atoms with van der Waals surface area (Å²) < 4.78 is 44.8. The molecule has 20 heavy (non-hydrogen) atoms. The van der Waals surface area contributed by atoms with Crippen LogP contribution in [0.4, 0.5) is 14.9 Å². The van der Waals surface area contributed by atoms with Crippen LogP contribution in [0.25, 0.3) is 0 Å². The summed E-state index contributed by atoms with van der Waals surface area (Å²) in [5, 5.41) is 0. The molecule has 0 fully saturated rings. The molecule has 1 aromatic carbocycles. The van der Waals surface area contributed by atoms with Crippen molar-refractivity contribution in [3.63, 3.8) is 0 Å². The number of amides is 1. The molecular formula is C11H16FN3O4S. The minimum absolute atomic E-state index is 0.0791. The molecule has 0 atom stereocenters. The summed E-state index contributed by atoms with van der Waals surface area (Å²) in [5.74, 6) is -0.539. The average Bonchev–Trinajstić information content (AvgIpc) is 2.29. The summed E-state index contributed by atoms with van der Waals surface area (Å²) in [6.45, 7) is 3.07. The van der Waals surface area contributed by atoms with Gasteiger partial charge in [-0.25, -0.2) is 13.9 Å². The number of carbonyl (C=O) groups is 1. The van der Waals surface area contributed by atoms with Gasteiger partial charge in [0.2, 0.25) is 0 Å². The molecule has 0 aliphatic rings. The largest absolute Gasteiger partial charge is 0.446 e. The number of ether oxygens (including phenoxy) is 1. The second-order valence-electron chi connectivity index (χ2n) is 4.17. The van der Waals surface area contributed by atoms with Gasteiger partial charge in [-0.05, 0) is 32.0 Å². The van der Waals surface area contributed by atoms with Gasteiger partial charge in [-0.1, -0.05) is 0 Å². The second-order valence-corrected chi connectivity index (χ2v) is 5.59. The molecule has 0 bridgehead atoms. The fraction of sp³-hybridized carbons (Fsp3) is 0.364. The first-order valence-corrected chi connectivity index (χ1v) is 7.21. The van der Waals surface area contributed by atoms with E-state index in [1.165, 1.54) is 12.1 Å². The van der Waals surface area contributed by atoms with E-state index in [-0.39, 0.29) is 17.8 Å². The molecule has 1 aromatic rings. The molecule has 0 heterocycles. The van der Waals surface area contributed by atoms with Gasteiger partial charge in [0, 0.05) is 12.1 Å². The first kappa shape index (κ1) is 16.2. The molecule has 1 amide bonds. The van der Waals surface area contributed by atoms with E-state index in [1.807, 2.05) is 0 Å². The quantitative estimate of drug-likeness (QED) is 0.753. The van der Waals surface area contributed by atoms with Crippen molar-refractivity contribution in [2.24, 2.45) is 5.73 Å². The fourth-order valence-corrected chi connectivity index (χ4v) is 2.08. The van der Waals surface area contributed by atoms with Gasteiger partial charge in [0.1, 0.15) is 5.82 Å². The molecule has 4 N–H and O–H groups in total. The summed E-state index contributed by atoms with van der Waals surface area (Å²) in [4.78, 5) is 11.2. The number of anilines is 1. The van der Waals surface area contributed by atoms with Crippen molar-refractivity contribution in [1.29, 1.82) is 0 Å². The molecule has 0 aromatic heterocycles. The number of hydrogen-bond acceptors (Lipinski definition) is 5. The van der Waals surface area contributed by atoms with Crippen LogP contribution in [0.5, 0.6) is 0 Å². The van der Waals surface area contributed by atoms with Gasteiger partial charge in [-0.15, -0.1) is 0 Å². The zero-order valence-electron chi connectivity index (χ0n) is 11.0. The fourth-order valence-electron chi connectivity index (χ4n) is 1.32. The van der Waals surface area contributed by atoms with Crippen LogP contribution >= 0.6 is 0 Å². The Labute approximate surface area is 116 Å². The number of benzene rings is 1. The Morgan fingerprint density at radius 1 is 1.45 bits per heavy atom. The number of nitrogens with two attached hydrogens (primary N) is 1. The average molecular weight is 305 g/mol. The van der Waals surface area contributed by atoms with E-state index in [9.17, 15) is 17.6 Å². The van der Waals surface area contributed by atoms with Gasteiger partial charge >= 0.3 is 16.3 Å². The van der Waals surface area contributed by atoms with Crippen molar-refractivity contribution in [3.05, 3.63) is 29.6 Å². The van der Waals surface area contributed by atoms with Gasteiger partial charge in [0.15, 0.2) is 0 Å². The van der Waals surface area contributed by atoms with Crippen LogP contribution in [0.3, 0.4) is 0 Å². The van der Waals surface area contributed by atoms with E-state index < -0.39 is 28.2 Å². The predicted molar refractivity (Wildman–Crippen MR) is 71.6 cm³/mol. The minimum Gasteiger partial charge on any atom is -0.446 e. The predicted octanol–water partition coefficient (Wildman–Crippen LogP) is 1.08. The van der Waals surface area contributed by atoms with E-state index in [1.54, 1.807) is 18.6 Å². The van der Waals surface area contributed by atoms with Crippen LogP contribution < -0.4 is 15.2 Å². The third-order valence-corrected chi connectivity index (χ3v) is 3.02. The number of halogens is 1. The molecule has 0 saturated heterocycles. The Balaban J connectivity index is 2.78. The maximum Gasteiger partial charge on any atom is 0.422 e. The lowest BCUT2D eigenvalue weighted by Gasteiger charge is -2.12. The van der Waals surface area contributed by atoms with E-state index in [2.05, 4.69) is 9.46 Å². The number of carbonyl (C=O) groups excluding carboxylic acids is 1. The number of rotatable bonds is 5. The summed E-state index contributed by atoms with van der Waals surface area (Å²) in [5.41, 5.74) is 5.54. The topological polar surface area (TPSA) is 111 Å². The van der Waals surface area contributed by atoms with Crippen LogP contribution in [0, 0.1) is 5.82 Å². The highest BCUT2D eigenvalue weighted by atomic mass is 32.2. The molecular weight excluding hydrogens is 289 g/mol. The Bertz CT molecular complexity index is 589. The number of hydrogen-bond donors (Lipinski definition) is 3. The van der Waals surface area contributed by atoms with Crippen molar-refractivity contribution < 1.29 is 22.3 Å². The van der Waals surface area contributed by atoms with Crippen LogP contribution in [0.2, 0.25) is 0 Å². The molecule has 1 rings (SSSR count). The van der Waals surface area contributed by atoms with Gasteiger partial charge in [0.25, 0.3) is 0 Å². The lowest BCUT2D eigenvalue weighted by atomic mass is 10.2.